The summed E-state index contributed by atoms with van der Waals surface area (Å²) in [5.74, 6) is 0.625. The Bertz CT molecular complexity index is 2380. The second-order valence-electron chi connectivity index (χ2n) is 11.4. The minimum absolute atomic E-state index is 0.246. The second-order valence-corrected chi connectivity index (χ2v) is 11.4. The molecule has 7 heteroatoms. The molecule has 9 rings (SSSR count). The Labute approximate surface area is 264 Å². The van der Waals surface area contributed by atoms with Crippen LogP contribution in [0.15, 0.2) is 161 Å². The zero-order valence-electron chi connectivity index (χ0n) is 24.8. The molecular weight excluding hydrogens is 568 g/mol. The normalized spacial score (nSPS) is 16.2. The first-order chi connectivity index (χ1) is 22.8. The van der Waals surface area contributed by atoms with Crippen LogP contribution in [0.5, 0.6) is 0 Å². The number of dihydropyridines is 1. The molecule has 0 saturated heterocycles. The molecule has 4 aromatic carbocycles. The minimum atomic E-state index is -0.246. The Morgan fingerprint density at radius 2 is 1.61 bits per heavy atom. The first kappa shape index (κ1) is 26.2. The van der Waals surface area contributed by atoms with Crippen molar-refractivity contribution in [3.63, 3.8) is 0 Å². The van der Waals surface area contributed by atoms with Gasteiger partial charge in [-0.1, -0.05) is 54.6 Å². The summed E-state index contributed by atoms with van der Waals surface area (Å²) in [6.07, 6.45) is 11.8. The van der Waals surface area contributed by atoms with Crippen LogP contribution in [-0.4, -0.2) is 26.8 Å². The smallest absolute Gasteiger partial charge is 0.227 e. The van der Waals surface area contributed by atoms with Crippen molar-refractivity contribution in [3.8, 4) is 17.1 Å². The Hall–Kier alpha value is -6.21. The van der Waals surface area contributed by atoms with E-state index in [1.165, 1.54) is 0 Å². The molecule has 220 valence electrons. The number of oxazole rings is 1. The van der Waals surface area contributed by atoms with Gasteiger partial charge in [-0.2, -0.15) is 0 Å². The predicted molar refractivity (Wildman–Crippen MR) is 184 cm³/mol. The molecule has 0 radical (unpaired) electrons. The Balaban J connectivity index is 1.14. The Morgan fingerprint density at radius 1 is 0.783 bits per heavy atom. The molecule has 2 N–H and O–H groups in total. The molecule has 0 spiro atoms. The lowest BCUT2D eigenvalue weighted by atomic mass is 10.0. The summed E-state index contributed by atoms with van der Waals surface area (Å²) in [6.45, 7) is 0.790. The summed E-state index contributed by atoms with van der Waals surface area (Å²) < 4.78 is 8.76. The van der Waals surface area contributed by atoms with Crippen molar-refractivity contribution in [1.82, 2.24) is 25.2 Å². The second kappa shape index (κ2) is 10.7. The SMILES string of the molecule is C1=CC(C2=CC(c3ccncc3)=NC(c3ccc(-n4c5ccccc5c5c6oc(-c7ccccc7)nc6ccc54)cc3)N2)=CCN1. The zero-order chi connectivity index (χ0) is 30.5. The number of rotatable bonds is 5. The Morgan fingerprint density at radius 3 is 2.43 bits per heavy atom. The molecule has 0 fully saturated rings. The van der Waals surface area contributed by atoms with Crippen LogP contribution in [0.4, 0.5) is 0 Å². The van der Waals surface area contributed by atoms with E-state index in [1.807, 2.05) is 61.1 Å². The molecule has 1 unspecified atom stereocenters. The van der Waals surface area contributed by atoms with Crippen LogP contribution in [0.3, 0.4) is 0 Å². The molecule has 2 aliphatic heterocycles. The molecule has 5 heterocycles. The number of nitrogens with one attached hydrogen (secondary N) is 2. The molecule has 1 atom stereocenters. The van der Waals surface area contributed by atoms with Crippen LogP contribution in [0.2, 0.25) is 0 Å². The van der Waals surface area contributed by atoms with Crippen molar-refractivity contribution in [1.29, 1.82) is 0 Å². The highest BCUT2D eigenvalue weighted by molar-refractivity contribution is 6.19. The molecule has 0 amide bonds. The molecule has 7 nitrogen and oxygen atoms in total. The number of nitrogens with zero attached hydrogens (tertiary/aromatic N) is 4. The van der Waals surface area contributed by atoms with Crippen molar-refractivity contribution in [3.05, 3.63) is 162 Å². The standard InChI is InChI=1S/C39H28N6O/c1-2-6-28(7-3-1)39-44-31-14-15-35-36(37(31)46-39)30-8-4-5-9-34(30)45(35)29-12-10-27(11-13-29)38-42-32(25-16-20-40-21-17-25)24-33(43-38)26-18-22-41-23-19-26/h1-22,24,38,41,43H,23H2. The van der Waals surface area contributed by atoms with Gasteiger partial charge in [0.2, 0.25) is 5.89 Å². The number of aromatic nitrogens is 3. The fraction of sp³-hybridized carbons (Fsp3) is 0.0513. The van der Waals surface area contributed by atoms with E-state index in [9.17, 15) is 0 Å². The lowest BCUT2D eigenvalue weighted by Gasteiger charge is -2.26. The monoisotopic (exact) mass is 596 g/mol. The van der Waals surface area contributed by atoms with Gasteiger partial charge in [0.15, 0.2) is 5.58 Å². The molecule has 3 aromatic heterocycles. The molecule has 0 aliphatic carbocycles. The van der Waals surface area contributed by atoms with Crippen LogP contribution in [0, 0.1) is 0 Å². The molecule has 0 bridgehead atoms. The van der Waals surface area contributed by atoms with E-state index in [-0.39, 0.29) is 6.17 Å². The van der Waals surface area contributed by atoms with Gasteiger partial charge >= 0.3 is 0 Å². The van der Waals surface area contributed by atoms with E-state index in [0.29, 0.717) is 5.89 Å². The quantitative estimate of drug-likeness (QED) is 0.210. The van der Waals surface area contributed by atoms with Gasteiger partial charge in [-0.3, -0.25) is 9.98 Å². The molecule has 0 saturated carbocycles. The summed E-state index contributed by atoms with van der Waals surface area (Å²) in [5, 5.41) is 9.10. The van der Waals surface area contributed by atoms with Crippen LogP contribution in [0.1, 0.15) is 17.3 Å². The van der Waals surface area contributed by atoms with Crippen LogP contribution in [-0.2, 0) is 0 Å². The number of hydrogen-bond acceptors (Lipinski definition) is 6. The highest BCUT2D eigenvalue weighted by Gasteiger charge is 2.22. The van der Waals surface area contributed by atoms with Gasteiger partial charge in [-0.15, -0.1) is 0 Å². The van der Waals surface area contributed by atoms with E-state index in [4.69, 9.17) is 14.4 Å². The van der Waals surface area contributed by atoms with E-state index >= 15 is 0 Å². The number of benzene rings is 4. The van der Waals surface area contributed by atoms with Gasteiger partial charge < -0.3 is 19.6 Å². The number of pyridine rings is 1. The zero-order valence-corrected chi connectivity index (χ0v) is 24.8. The van der Waals surface area contributed by atoms with Crippen molar-refractivity contribution in [2.24, 2.45) is 4.99 Å². The maximum Gasteiger partial charge on any atom is 0.227 e. The summed E-state index contributed by atoms with van der Waals surface area (Å²) >= 11 is 0. The van der Waals surface area contributed by atoms with Crippen molar-refractivity contribution in [2.75, 3.05) is 6.54 Å². The summed E-state index contributed by atoms with van der Waals surface area (Å²) in [7, 11) is 0. The molecule has 7 aromatic rings. The third-order valence-electron chi connectivity index (χ3n) is 8.63. The van der Waals surface area contributed by atoms with Gasteiger partial charge in [0.05, 0.1) is 22.1 Å². The van der Waals surface area contributed by atoms with Crippen molar-refractivity contribution < 1.29 is 4.42 Å². The average Bonchev–Trinajstić information content (AvgIpc) is 3.72. The van der Waals surface area contributed by atoms with E-state index in [1.54, 1.807) is 0 Å². The van der Waals surface area contributed by atoms with Gasteiger partial charge in [-0.05, 0) is 84.1 Å². The van der Waals surface area contributed by atoms with Gasteiger partial charge in [0.25, 0.3) is 0 Å². The maximum atomic E-state index is 6.46. The molecule has 46 heavy (non-hydrogen) atoms. The largest absolute Gasteiger partial charge is 0.435 e. The number of aliphatic imine (C=N–C) groups is 1. The van der Waals surface area contributed by atoms with Crippen molar-refractivity contribution in [2.45, 2.75) is 6.17 Å². The van der Waals surface area contributed by atoms with E-state index in [2.05, 4.69) is 99.1 Å². The fourth-order valence-corrected chi connectivity index (χ4v) is 6.42. The minimum Gasteiger partial charge on any atom is -0.435 e. The summed E-state index contributed by atoms with van der Waals surface area (Å²) in [4.78, 5) is 14.2. The third-order valence-corrected chi connectivity index (χ3v) is 8.63. The first-order valence-corrected chi connectivity index (χ1v) is 15.4. The van der Waals surface area contributed by atoms with Gasteiger partial charge in [-0.25, -0.2) is 4.98 Å². The lowest BCUT2D eigenvalue weighted by Crippen LogP contribution is -2.27. The van der Waals surface area contributed by atoms with E-state index in [0.717, 1.165) is 78.8 Å². The predicted octanol–water partition coefficient (Wildman–Crippen LogP) is 8.01. The number of allylic oxidation sites excluding steroid dienone is 2. The van der Waals surface area contributed by atoms with E-state index < -0.39 is 0 Å². The summed E-state index contributed by atoms with van der Waals surface area (Å²) in [6, 6.07) is 35.4. The van der Waals surface area contributed by atoms with Crippen molar-refractivity contribution >= 4 is 38.6 Å². The fourth-order valence-electron chi connectivity index (χ4n) is 6.42. The number of para-hydroxylation sites is 1. The number of hydrogen-bond donors (Lipinski definition) is 2. The van der Waals surface area contributed by atoms with Gasteiger partial charge in [0, 0.05) is 46.8 Å². The van der Waals surface area contributed by atoms with Gasteiger partial charge in [0.1, 0.15) is 11.7 Å². The summed E-state index contributed by atoms with van der Waals surface area (Å²) in [5.41, 5.74) is 11.1. The van der Waals surface area contributed by atoms with Crippen LogP contribution < -0.4 is 10.6 Å². The topological polar surface area (TPSA) is 80.3 Å². The lowest BCUT2D eigenvalue weighted by molar-refractivity contribution is 0.623. The Kier molecular flexibility index (Phi) is 6.13. The third kappa shape index (κ3) is 4.40. The average molecular weight is 597 g/mol. The van der Waals surface area contributed by atoms with Crippen LogP contribution in [0.25, 0.3) is 50.0 Å². The number of fused-ring (bicyclic) bond motifs is 5. The first-order valence-electron chi connectivity index (χ1n) is 15.4. The maximum absolute atomic E-state index is 6.46. The highest BCUT2D eigenvalue weighted by atomic mass is 16.3. The molecular formula is C39H28N6O. The highest BCUT2D eigenvalue weighted by Crippen LogP contribution is 2.38. The molecule has 2 aliphatic rings. The van der Waals surface area contributed by atoms with Crippen LogP contribution >= 0.6 is 0 Å².